The lowest BCUT2D eigenvalue weighted by molar-refractivity contribution is -0.147. The average molecular weight is 664 g/mol. The van der Waals surface area contributed by atoms with Gasteiger partial charge in [0, 0.05) is 35.2 Å². The maximum atomic E-state index is 14.7. The summed E-state index contributed by atoms with van der Waals surface area (Å²) < 4.78 is 45.4. The highest BCUT2D eigenvalue weighted by Crippen LogP contribution is 2.67. The van der Waals surface area contributed by atoms with Gasteiger partial charge in [-0.2, -0.15) is 24.9 Å². The van der Waals surface area contributed by atoms with Crippen molar-refractivity contribution in [2.45, 2.75) is 64.2 Å². The van der Waals surface area contributed by atoms with Gasteiger partial charge in [0.25, 0.3) is 0 Å². The molecule has 1 aromatic heterocycles. The van der Waals surface area contributed by atoms with Crippen LogP contribution in [-0.4, -0.2) is 45.9 Å². The Labute approximate surface area is 277 Å². The number of rotatable bonds is 9. The lowest BCUT2D eigenvalue weighted by Crippen LogP contribution is -2.60. The molecule has 2 amide bonds. The van der Waals surface area contributed by atoms with E-state index in [2.05, 4.69) is 43.2 Å². The maximum Gasteiger partial charge on any atom is 0.416 e. The zero-order chi connectivity index (χ0) is 33.6. The molecular weight excluding hydrogens is 623 g/mol. The van der Waals surface area contributed by atoms with E-state index in [1.165, 1.54) is 17.7 Å². The lowest BCUT2D eigenvalue weighted by Gasteiger charge is -2.45. The topological polar surface area (TPSA) is 74.4 Å². The highest BCUT2D eigenvalue weighted by atomic mass is 32.2. The molecule has 0 unspecified atom stereocenters. The van der Waals surface area contributed by atoms with E-state index in [4.69, 9.17) is 4.74 Å². The van der Waals surface area contributed by atoms with Crippen LogP contribution in [0.25, 0.3) is 10.9 Å². The minimum Gasteiger partial charge on any atom is -0.497 e. The number of carbonyl (C=O) groups is 2. The molecule has 2 aliphatic rings. The predicted octanol–water partition coefficient (Wildman–Crippen LogP) is 8.57. The van der Waals surface area contributed by atoms with E-state index < -0.39 is 17.3 Å². The standard InChI is InChI=1S/C37H40F3N3O3S/c1-23-32(28-7-5-6-8-30(28)41-23)33-29(35(33,2)3)21-31(44)43(22-24-9-11-25(12-10-24)37(38,39)40)36(17-19-47-20-18-36)34(45)42-26-13-15-27(46-4)16-14-26/h5-16,29,33,41H,17-22H2,1-4H3,(H,42,45)/t29-,33+/m0/s1. The van der Waals surface area contributed by atoms with Crippen LogP contribution in [0.5, 0.6) is 5.75 Å². The number of aromatic nitrogens is 1. The van der Waals surface area contributed by atoms with Crippen LogP contribution in [0, 0.1) is 18.3 Å². The number of aromatic amines is 1. The van der Waals surface area contributed by atoms with E-state index in [1.54, 1.807) is 48.0 Å². The average Bonchev–Trinajstić information content (AvgIpc) is 3.40. The second kappa shape index (κ2) is 12.6. The Morgan fingerprint density at radius 2 is 1.66 bits per heavy atom. The first-order valence-electron chi connectivity index (χ1n) is 15.9. The van der Waals surface area contributed by atoms with E-state index in [1.807, 2.05) is 12.1 Å². The van der Waals surface area contributed by atoms with Crippen molar-refractivity contribution in [1.29, 1.82) is 0 Å². The number of nitrogens with one attached hydrogen (secondary N) is 2. The van der Waals surface area contributed by atoms with E-state index >= 15 is 0 Å². The molecule has 4 aromatic rings. The number of methoxy groups -OCH3 is 1. The molecule has 0 bridgehead atoms. The fraction of sp³-hybridized carbons (Fsp3) is 0.405. The van der Waals surface area contributed by atoms with Crippen LogP contribution in [0.1, 0.15) is 61.4 Å². The molecule has 1 aliphatic heterocycles. The van der Waals surface area contributed by atoms with Gasteiger partial charge in [0.05, 0.1) is 12.7 Å². The van der Waals surface area contributed by atoms with Gasteiger partial charge in [-0.25, -0.2) is 0 Å². The number of amides is 2. The smallest absolute Gasteiger partial charge is 0.416 e. The number of carbonyl (C=O) groups excluding carboxylic acids is 2. The number of hydrogen-bond acceptors (Lipinski definition) is 4. The van der Waals surface area contributed by atoms with Crippen molar-refractivity contribution in [2.24, 2.45) is 11.3 Å². The number of alkyl halides is 3. The third-order valence-corrected chi connectivity index (χ3v) is 11.2. The molecule has 1 saturated heterocycles. The number of para-hydroxylation sites is 1. The zero-order valence-electron chi connectivity index (χ0n) is 27.0. The predicted molar refractivity (Wildman–Crippen MR) is 181 cm³/mol. The molecule has 248 valence electrons. The molecule has 10 heteroatoms. The third-order valence-electron chi connectivity index (χ3n) is 10.2. The molecule has 1 aliphatic carbocycles. The zero-order valence-corrected chi connectivity index (χ0v) is 27.9. The van der Waals surface area contributed by atoms with Gasteiger partial charge in [-0.05, 0) is 102 Å². The summed E-state index contributed by atoms with van der Waals surface area (Å²) in [7, 11) is 1.57. The molecule has 2 fully saturated rings. The van der Waals surface area contributed by atoms with Crippen molar-refractivity contribution in [3.63, 3.8) is 0 Å². The van der Waals surface area contributed by atoms with Gasteiger partial charge in [-0.15, -0.1) is 0 Å². The Morgan fingerprint density at radius 1 is 1.00 bits per heavy atom. The minimum absolute atomic E-state index is 0.0294. The molecule has 3 aromatic carbocycles. The van der Waals surface area contributed by atoms with Gasteiger partial charge in [-0.1, -0.05) is 44.2 Å². The summed E-state index contributed by atoms with van der Waals surface area (Å²) in [6.07, 6.45) is -3.38. The van der Waals surface area contributed by atoms with E-state index in [0.29, 0.717) is 41.3 Å². The number of H-pyrrole nitrogens is 1. The van der Waals surface area contributed by atoms with Gasteiger partial charge in [0.2, 0.25) is 11.8 Å². The fourth-order valence-corrected chi connectivity index (χ4v) is 8.57. The number of aryl methyl sites for hydroxylation is 1. The number of halogens is 3. The quantitative estimate of drug-likeness (QED) is 0.188. The second-order valence-electron chi connectivity index (χ2n) is 13.3. The van der Waals surface area contributed by atoms with E-state index in [-0.39, 0.29) is 42.0 Å². The lowest BCUT2D eigenvalue weighted by atomic mass is 9.87. The fourth-order valence-electron chi connectivity index (χ4n) is 7.41. The van der Waals surface area contributed by atoms with Crippen LogP contribution in [0.15, 0.2) is 72.8 Å². The van der Waals surface area contributed by atoms with Crippen LogP contribution in [0.2, 0.25) is 0 Å². The van der Waals surface area contributed by atoms with Gasteiger partial charge >= 0.3 is 6.18 Å². The highest BCUT2D eigenvalue weighted by Gasteiger charge is 2.60. The Balaban J connectivity index is 1.34. The Bertz CT molecular complexity index is 1760. The number of nitrogens with zero attached hydrogens (tertiary/aromatic N) is 1. The van der Waals surface area contributed by atoms with Crippen molar-refractivity contribution in [3.8, 4) is 5.75 Å². The first kappa shape index (κ1) is 33.0. The van der Waals surface area contributed by atoms with E-state index in [9.17, 15) is 22.8 Å². The molecule has 0 radical (unpaired) electrons. The Morgan fingerprint density at radius 3 is 2.30 bits per heavy atom. The first-order valence-corrected chi connectivity index (χ1v) is 17.1. The molecule has 6 nitrogen and oxygen atoms in total. The maximum absolute atomic E-state index is 14.7. The van der Waals surface area contributed by atoms with Crippen LogP contribution < -0.4 is 10.1 Å². The van der Waals surface area contributed by atoms with Crippen LogP contribution in [0.4, 0.5) is 18.9 Å². The van der Waals surface area contributed by atoms with Gasteiger partial charge in [0.15, 0.2) is 0 Å². The van der Waals surface area contributed by atoms with Crippen molar-refractivity contribution in [1.82, 2.24) is 9.88 Å². The van der Waals surface area contributed by atoms with Gasteiger partial charge in [0.1, 0.15) is 11.3 Å². The molecule has 2 atom stereocenters. The van der Waals surface area contributed by atoms with Gasteiger partial charge < -0.3 is 19.9 Å². The Hall–Kier alpha value is -3.92. The Kier molecular flexibility index (Phi) is 8.84. The summed E-state index contributed by atoms with van der Waals surface area (Å²) in [4.78, 5) is 34.2. The molecule has 1 saturated carbocycles. The summed E-state index contributed by atoms with van der Waals surface area (Å²) in [6, 6.07) is 20.1. The van der Waals surface area contributed by atoms with Crippen molar-refractivity contribution < 1.29 is 27.5 Å². The number of ether oxygens (including phenoxy) is 1. The second-order valence-corrected chi connectivity index (χ2v) is 14.5. The monoisotopic (exact) mass is 663 g/mol. The van der Waals surface area contributed by atoms with Crippen LogP contribution in [-0.2, 0) is 22.3 Å². The number of benzene rings is 3. The number of thioether (sulfide) groups is 1. The summed E-state index contributed by atoms with van der Waals surface area (Å²) in [5.41, 5.74) is 2.40. The minimum atomic E-state index is -4.47. The van der Waals surface area contributed by atoms with Crippen molar-refractivity contribution in [2.75, 3.05) is 23.9 Å². The SMILES string of the molecule is COc1ccc(NC(=O)C2(N(Cc3ccc(C(F)(F)F)cc3)C(=O)C[C@H]3[C@H](c4c(C)[nH]c5ccccc45)C3(C)C)CCSCC2)cc1. The van der Waals surface area contributed by atoms with Crippen LogP contribution >= 0.6 is 11.8 Å². The summed E-state index contributed by atoms with van der Waals surface area (Å²) in [6.45, 7) is 6.46. The van der Waals surface area contributed by atoms with E-state index in [0.717, 1.165) is 28.7 Å². The summed E-state index contributed by atoms with van der Waals surface area (Å²) >= 11 is 1.73. The van der Waals surface area contributed by atoms with Crippen molar-refractivity contribution in [3.05, 3.63) is 95.2 Å². The molecule has 47 heavy (non-hydrogen) atoms. The highest BCUT2D eigenvalue weighted by molar-refractivity contribution is 7.99. The first-order chi connectivity index (χ1) is 22.3. The number of fused-ring (bicyclic) bond motifs is 1. The molecule has 2 heterocycles. The molecular formula is C37H40F3N3O3S. The normalized spacial score (nSPS) is 20.1. The van der Waals surface area contributed by atoms with Crippen molar-refractivity contribution >= 4 is 40.2 Å². The van der Waals surface area contributed by atoms with Crippen LogP contribution in [0.3, 0.4) is 0 Å². The third kappa shape index (κ3) is 6.36. The number of hydrogen-bond donors (Lipinski definition) is 2. The molecule has 0 spiro atoms. The summed E-state index contributed by atoms with van der Waals surface area (Å²) in [5.74, 6) is 1.72. The largest absolute Gasteiger partial charge is 0.497 e. The molecule has 6 rings (SSSR count). The number of anilines is 1. The van der Waals surface area contributed by atoms with Gasteiger partial charge in [-0.3, -0.25) is 9.59 Å². The molecule has 2 N–H and O–H groups in total. The summed E-state index contributed by atoms with van der Waals surface area (Å²) in [5, 5.41) is 4.20.